The maximum absolute atomic E-state index is 2.32. The highest BCUT2D eigenvalue weighted by Gasteiger charge is 2.19. The molecule has 0 heterocycles. The van der Waals surface area contributed by atoms with Crippen LogP contribution in [0.15, 0.2) is 23.8 Å². The molecule has 1 atom stereocenters. The van der Waals surface area contributed by atoms with Crippen molar-refractivity contribution in [2.75, 3.05) is 0 Å². The average Bonchev–Trinajstić information content (AvgIpc) is 2.49. The molecule has 1 fully saturated rings. The monoisotopic (exact) mass is 136 g/mol. The zero-order valence-corrected chi connectivity index (χ0v) is 6.93. The molecule has 0 N–H and O–H groups in total. The smallest absolute Gasteiger partial charge is 0.00169 e. The molecule has 56 valence electrons. The Bertz CT molecular complexity index is 151. The standard InChI is InChI=1S/C8H10.C2H6/c1-3-7-5-2-6-8(7)4-1;1-2/h1,3-4,7H,2,5-6H2;1-2H3. The van der Waals surface area contributed by atoms with Crippen LogP contribution >= 0.6 is 0 Å². The Labute approximate surface area is 63.6 Å². The average molecular weight is 136 g/mol. The second-order valence-corrected chi connectivity index (χ2v) is 2.63. The molecule has 2 aliphatic rings. The third-order valence-electron chi connectivity index (χ3n) is 2.11. The zero-order valence-electron chi connectivity index (χ0n) is 6.93. The fourth-order valence-electron chi connectivity index (χ4n) is 1.64. The number of hydrogen-bond donors (Lipinski definition) is 0. The van der Waals surface area contributed by atoms with Gasteiger partial charge >= 0.3 is 0 Å². The van der Waals surface area contributed by atoms with E-state index in [-0.39, 0.29) is 0 Å². The summed E-state index contributed by atoms with van der Waals surface area (Å²) in [6, 6.07) is 0. The van der Waals surface area contributed by atoms with Gasteiger partial charge in [0.1, 0.15) is 0 Å². The van der Waals surface area contributed by atoms with Crippen molar-refractivity contribution in [1.29, 1.82) is 0 Å². The quantitative estimate of drug-likeness (QED) is 0.479. The Kier molecular flexibility index (Phi) is 2.73. The molecule has 1 saturated carbocycles. The molecule has 10 heavy (non-hydrogen) atoms. The Morgan fingerprint density at radius 3 is 2.90 bits per heavy atom. The summed E-state index contributed by atoms with van der Waals surface area (Å²) in [5.41, 5.74) is 1.67. The van der Waals surface area contributed by atoms with E-state index in [2.05, 4.69) is 18.2 Å². The van der Waals surface area contributed by atoms with Gasteiger partial charge in [-0.05, 0) is 25.2 Å². The van der Waals surface area contributed by atoms with Gasteiger partial charge in [0.05, 0.1) is 0 Å². The molecule has 0 saturated heterocycles. The lowest BCUT2D eigenvalue weighted by atomic mass is 10.1. The van der Waals surface area contributed by atoms with E-state index in [9.17, 15) is 0 Å². The molecule has 2 rings (SSSR count). The second kappa shape index (κ2) is 3.60. The summed E-state index contributed by atoms with van der Waals surface area (Å²) in [5.74, 6) is 0.856. The molecule has 0 aliphatic heterocycles. The highest BCUT2D eigenvalue weighted by Crippen LogP contribution is 2.34. The first kappa shape index (κ1) is 7.59. The van der Waals surface area contributed by atoms with E-state index in [4.69, 9.17) is 0 Å². The van der Waals surface area contributed by atoms with Crippen LogP contribution in [0.25, 0.3) is 0 Å². The maximum atomic E-state index is 2.32. The van der Waals surface area contributed by atoms with E-state index in [0.29, 0.717) is 0 Å². The van der Waals surface area contributed by atoms with Crippen LogP contribution in [0.5, 0.6) is 0 Å². The van der Waals surface area contributed by atoms with E-state index in [1.54, 1.807) is 5.57 Å². The highest BCUT2D eigenvalue weighted by molar-refractivity contribution is 5.29. The SMILES string of the molecule is C1=CC2CCCC2=C1.CC. The second-order valence-electron chi connectivity index (χ2n) is 2.63. The molecule has 0 nitrogen and oxygen atoms in total. The van der Waals surface area contributed by atoms with Crippen LogP contribution in [0, 0.1) is 5.92 Å². The lowest BCUT2D eigenvalue weighted by molar-refractivity contribution is 0.772. The first-order valence-corrected chi connectivity index (χ1v) is 4.34. The number of allylic oxidation sites excluding steroid dienone is 4. The van der Waals surface area contributed by atoms with Gasteiger partial charge in [0.15, 0.2) is 0 Å². The van der Waals surface area contributed by atoms with Crippen molar-refractivity contribution in [1.82, 2.24) is 0 Å². The molecule has 0 spiro atoms. The minimum absolute atomic E-state index is 0.856. The predicted molar refractivity (Wildman–Crippen MR) is 45.9 cm³/mol. The molecule has 1 unspecified atom stereocenters. The van der Waals surface area contributed by atoms with Crippen LogP contribution in [0.4, 0.5) is 0 Å². The van der Waals surface area contributed by atoms with Crippen molar-refractivity contribution in [2.24, 2.45) is 5.92 Å². The molecule has 0 amide bonds. The van der Waals surface area contributed by atoms with Gasteiger partial charge in [-0.15, -0.1) is 0 Å². The molecule has 0 bridgehead atoms. The molecular formula is C10H16. The highest BCUT2D eigenvalue weighted by atomic mass is 14.2. The predicted octanol–water partition coefficient (Wildman–Crippen LogP) is 3.31. The summed E-state index contributed by atoms with van der Waals surface area (Å²) in [5, 5.41) is 0. The first-order valence-electron chi connectivity index (χ1n) is 4.34. The molecule has 2 aliphatic carbocycles. The van der Waals surface area contributed by atoms with Crippen LogP contribution in [0.2, 0.25) is 0 Å². The van der Waals surface area contributed by atoms with Crippen LogP contribution in [-0.4, -0.2) is 0 Å². The van der Waals surface area contributed by atoms with E-state index in [1.165, 1.54) is 19.3 Å². The van der Waals surface area contributed by atoms with Crippen LogP contribution in [0.1, 0.15) is 33.1 Å². The van der Waals surface area contributed by atoms with Gasteiger partial charge in [-0.2, -0.15) is 0 Å². The van der Waals surface area contributed by atoms with E-state index in [0.717, 1.165) is 5.92 Å². The third kappa shape index (κ3) is 1.31. The van der Waals surface area contributed by atoms with Crippen molar-refractivity contribution in [2.45, 2.75) is 33.1 Å². The summed E-state index contributed by atoms with van der Waals surface area (Å²) in [4.78, 5) is 0. The summed E-state index contributed by atoms with van der Waals surface area (Å²) in [7, 11) is 0. The van der Waals surface area contributed by atoms with E-state index in [1.807, 2.05) is 13.8 Å². The fourth-order valence-corrected chi connectivity index (χ4v) is 1.64. The molecule has 0 aromatic rings. The molecule has 0 aromatic carbocycles. The van der Waals surface area contributed by atoms with Crippen molar-refractivity contribution < 1.29 is 0 Å². The molecule has 0 aromatic heterocycles. The summed E-state index contributed by atoms with van der Waals surface area (Å²) >= 11 is 0. The topological polar surface area (TPSA) is 0 Å². The van der Waals surface area contributed by atoms with Gasteiger partial charge in [0.25, 0.3) is 0 Å². The van der Waals surface area contributed by atoms with Gasteiger partial charge in [0.2, 0.25) is 0 Å². The molecule has 0 heteroatoms. The van der Waals surface area contributed by atoms with Crippen LogP contribution in [-0.2, 0) is 0 Å². The van der Waals surface area contributed by atoms with Gasteiger partial charge in [0, 0.05) is 0 Å². The lowest BCUT2D eigenvalue weighted by Crippen LogP contribution is -1.83. The van der Waals surface area contributed by atoms with Crippen molar-refractivity contribution in [3.8, 4) is 0 Å². The first-order chi connectivity index (χ1) is 4.97. The fraction of sp³-hybridized carbons (Fsp3) is 0.600. The lowest BCUT2D eigenvalue weighted by Gasteiger charge is -1.96. The Morgan fingerprint density at radius 1 is 1.40 bits per heavy atom. The summed E-state index contributed by atoms with van der Waals surface area (Å²) < 4.78 is 0. The molecular weight excluding hydrogens is 120 g/mol. The van der Waals surface area contributed by atoms with Gasteiger partial charge < -0.3 is 0 Å². The minimum Gasteiger partial charge on any atom is -0.0773 e. The third-order valence-corrected chi connectivity index (χ3v) is 2.11. The summed E-state index contributed by atoms with van der Waals surface area (Å²) in [6.45, 7) is 4.00. The van der Waals surface area contributed by atoms with Crippen LogP contribution < -0.4 is 0 Å². The Hall–Kier alpha value is -0.520. The normalized spacial score (nSPS) is 27.0. The maximum Gasteiger partial charge on any atom is -0.00169 e. The number of hydrogen-bond acceptors (Lipinski definition) is 0. The van der Waals surface area contributed by atoms with Crippen molar-refractivity contribution >= 4 is 0 Å². The van der Waals surface area contributed by atoms with E-state index < -0.39 is 0 Å². The largest absolute Gasteiger partial charge is 0.0773 e. The Balaban J connectivity index is 0.000000231. The van der Waals surface area contributed by atoms with Gasteiger partial charge in [-0.25, -0.2) is 0 Å². The summed E-state index contributed by atoms with van der Waals surface area (Å²) in [6.07, 6.45) is 11.0. The van der Waals surface area contributed by atoms with Gasteiger partial charge in [-0.3, -0.25) is 0 Å². The zero-order chi connectivity index (χ0) is 7.40. The van der Waals surface area contributed by atoms with Crippen LogP contribution in [0.3, 0.4) is 0 Å². The Morgan fingerprint density at radius 2 is 2.20 bits per heavy atom. The number of fused-ring (bicyclic) bond motifs is 1. The van der Waals surface area contributed by atoms with Crippen molar-refractivity contribution in [3.05, 3.63) is 23.8 Å². The van der Waals surface area contributed by atoms with Crippen molar-refractivity contribution in [3.63, 3.8) is 0 Å². The van der Waals surface area contributed by atoms with E-state index >= 15 is 0 Å². The minimum atomic E-state index is 0.856. The molecule has 0 radical (unpaired) electrons. The number of rotatable bonds is 0. The van der Waals surface area contributed by atoms with Gasteiger partial charge in [-0.1, -0.05) is 37.6 Å².